The van der Waals surface area contributed by atoms with Crippen LogP contribution < -0.4 is 20.9 Å². The van der Waals surface area contributed by atoms with E-state index in [0.717, 1.165) is 28.5 Å². The molecule has 1 saturated heterocycles. The van der Waals surface area contributed by atoms with Gasteiger partial charge in [-0.05, 0) is 31.2 Å². The summed E-state index contributed by atoms with van der Waals surface area (Å²) in [6.07, 6.45) is -5.58. The van der Waals surface area contributed by atoms with Crippen molar-refractivity contribution in [2.75, 3.05) is 13.7 Å². The Hall–Kier alpha value is -3.96. The predicted molar refractivity (Wildman–Crippen MR) is 160 cm³/mol. The van der Waals surface area contributed by atoms with Crippen LogP contribution in [-0.4, -0.2) is 73.4 Å². The van der Waals surface area contributed by atoms with Gasteiger partial charge in [0.05, 0.1) is 20.3 Å². The average Bonchev–Trinajstić information content (AvgIpc) is 3.57. The third-order valence-corrected chi connectivity index (χ3v) is 10.3. The molecule has 0 radical (unpaired) electrons. The molecule has 47 heavy (non-hydrogen) atoms. The highest BCUT2D eigenvalue weighted by Crippen LogP contribution is 2.60. The number of hydrogen-bond acceptors (Lipinski definition) is 14. The van der Waals surface area contributed by atoms with Gasteiger partial charge in [-0.2, -0.15) is 9.40 Å². The highest BCUT2D eigenvalue weighted by molar-refractivity contribution is 7.63. The van der Waals surface area contributed by atoms with Crippen molar-refractivity contribution < 1.29 is 56.4 Å². The summed E-state index contributed by atoms with van der Waals surface area (Å²) in [5.74, 6) is -0.943. The third kappa shape index (κ3) is 7.79. The molecule has 252 valence electrons. The van der Waals surface area contributed by atoms with E-state index in [1.165, 1.54) is 31.2 Å². The van der Waals surface area contributed by atoms with Crippen molar-refractivity contribution in [3.05, 3.63) is 93.4 Å². The first-order valence-corrected chi connectivity index (χ1v) is 16.9. The van der Waals surface area contributed by atoms with Crippen molar-refractivity contribution in [3.8, 4) is 5.75 Å². The second-order valence-corrected chi connectivity index (χ2v) is 13.5. The Labute approximate surface area is 265 Å². The third-order valence-electron chi connectivity index (χ3n) is 6.95. The summed E-state index contributed by atoms with van der Waals surface area (Å²) in [6.45, 7) is 0.0362. The maximum atomic E-state index is 13.5. The number of nitrogens with zero attached hydrogens (tertiary/aromatic N) is 3. The largest absolute Gasteiger partial charge is 0.481 e. The molecule has 1 fully saturated rings. The SMILES string of the molecule is COC(=O)C(C)NP(=O)(Oc1ccccc1)OP(=O)(O)OC[C@H]1O[C@@H](n2ccc(=O)n(Cc3noc4ccccc34)c2=O)[C@@H](O)[C@H]1O. The molecule has 7 atom stereocenters. The number of aromatic nitrogens is 3. The van der Waals surface area contributed by atoms with Crippen LogP contribution in [0.5, 0.6) is 5.75 Å². The molecule has 2 aromatic carbocycles. The molecule has 5 rings (SSSR count). The monoisotopic (exact) mass is 696 g/mol. The van der Waals surface area contributed by atoms with Crippen LogP contribution in [0.3, 0.4) is 0 Å². The van der Waals surface area contributed by atoms with Gasteiger partial charge in [0.1, 0.15) is 35.8 Å². The van der Waals surface area contributed by atoms with Crippen molar-refractivity contribution in [1.82, 2.24) is 19.4 Å². The topological polar surface area (TPSA) is 240 Å². The molecule has 18 nitrogen and oxygen atoms in total. The van der Waals surface area contributed by atoms with E-state index < -0.39 is 70.0 Å². The van der Waals surface area contributed by atoms with Crippen LogP contribution in [0.15, 0.2) is 81.0 Å². The summed E-state index contributed by atoms with van der Waals surface area (Å²) in [5, 5.41) is 28.1. The summed E-state index contributed by atoms with van der Waals surface area (Å²) in [6, 6.07) is 13.9. The molecule has 3 unspecified atom stereocenters. The van der Waals surface area contributed by atoms with Crippen molar-refractivity contribution in [2.45, 2.75) is 44.1 Å². The number of fused-ring (bicyclic) bond motifs is 1. The quantitative estimate of drug-likeness (QED) is 0.114. The first-order valence-electron chi connectivity index (χ1n) is 13.9. The minimum atomic E-state index is -5.32. The molecular formula is C27H30N4O14P2. The number of aliphatic hydroxyl groups is 2. The summed E-state index contributed by atoms with van der Waals surface area (Å²) < 4.78 is 58.6. The van der Waals surface area contributed by atoms with Crippen LogP contribution >= 0.6 is 15.6 Å². The molecule has 0 saturated carbocycles. The second kappa shape index (κ2) is 14.0. The minimum absolute atomic E-state index is 0.0515. The fourth-order valence-electron chi connectivity index (χ4n) is 4.65. The molecule has 4 N–H and O–H groups in total. The molecule has 20 heteroatoms. The Bertz CT molecular complexity index is 1950. The Morgan fingerprint density at radius 2 is 1.77 bits per heavy atom. The Morgan fingerprint density at radius 3 is 2.49 bits per heavy atom. The molecule has 1 aliphatic heterocycles. The zero-order valence-corrected chi connectivity index (χ0v) is 26.5. The van der Waals surface area contributed by atoms with E-state index in [0.29, 0.717) is 16.7 Å². The standard InChI is InChI=1S/C27H30N4O14P2/c1-16(26(35)40-2)29-46(37,44-17-8-4-3-5-9-17)45-47(38,39)41-15-21-23(33)24(34)25(42-21)30-13-12-22(32)31(27(30)36)14-19-18-10-6-7-11-20(18)43-28-19/h3-13,16,21,23-25,33-34H,14-15H2,1-2H3,(H,29,37)(H,38,39)/t16?,21-,23+,24+,25-,46?/m1/s1. The number of methoxy groups -OCH3 is 1. The molecule has 0 amide bonds. The highest BCUT2D eigenvalue weighted by Gasteiger charge is 2.47. The number of benzene rings is 2. The lowest BCUT2D eigenvalue weighted by atomic mass is 10.1. The first kappa shape index (κ1) is 34.4. The number of rotatable bonds is 13. The van der Waals surface area contributed by atoms with Crippen LogP contribution in [0.4, 0.5) is 0 Å². The lowest BCUT2D eigenvalue weighted by molar-refractivity contribution is -0.142. The smallest absolute Gasteiger partial charge is 0.468 e. The number of hydrogen-bond donors (Lipinski definition) is 4. The van der Waals surface area contributed by atoms with Crippen LogP contribution in [-0.2, 0) is 38.8 Å². The fourth-order valence-corrected chi connectivity index (χ4v) is 7.61. The number of ether oxygens (including phenoxy) is 2. The van der Waals surface area contributed by atoms with Gasteiger partial charge < -0.3 is 33.6 Å². The minimum Gasteiger partial charge on any atom is -0.468 e. The van der Waals surface area contributed by atoms with Crippen molar-refractivity contribution in [3.63, 3.8) is 0 Å². The number of nitrogens with one attached hydrogen (secondary N) is 1. The first-order chi connectivity index (χ1) is 22.3. The van der Waals surface area contributed by atoms with Gasteiger partial charge in [0.2, 0.25) is 0 Å². The number of esters is 1. The predicted octanol–water partition coefficient (Wildman–Crippen LogP) is 1.29. The van der Waals surface area contributed by atoms with E-state index in [-0.39, 0.29) is 12.3 Å². The van der Waals surface area contributed by atoms with Crippen LogP contribution in [0.2, 0.25) is 0 Å². The van der Waals surface area contributed by atoms with Gasteiger partial charge in [0.25, 0.3) is 5.56 Å². The molecule has 3 heterocycles. The van der Waals surface area contributed by atoms with Crippen molar-refractivity contribution >= 4 is 32.5 Å². The average molecular weight is 696 g/mol. The normalized spacial score (nSPS) is 22.7. The van der Waals surface area contributed by atoms with Crippen LogP contribution in [0.1, 0.15) is 18.8 Å². The zero-order chi connectivity index (χ0) is 33.9. The van der Waals surface area contributed by atoms with Crippen LogP contribution in [0, 0.1) is 0 Å². The number of carbonyl (C=O) groups is 1. The summed E-state index contributed by atoms with van der Waals surface area (Å²) in [5.41, 5.74) is -0.890. The van der Waals surface area contributed by atoms with Gasteiger partial charge in [-0.25, -0.2) is 13.9 Å². The summed E-state index contributed by atoms with van der Waals surface area (Å²) >= 11 is 0. The van der Waals surface area contributed by atoms with Gasteiger partial charge in [-0.3, -0.25) is 23.2 Å². The number of para-hydroxylation sites is 2. The highest BCUT2D eigenvalue weighted by atomic mass is 31.3. The van der Waals surface area contributed by atoms with Gasteiger partial charge in [0.15, 0.2) is 11.8 Å². The van der Waals surface area contributed by atoms with E-state index in [2.05, 4.69) is 15.0 Å². The van der Waals surface area contributed by atoms with Gasteiger partial charge >= 0.3 is 27.2 Å². The molecule has 4 aromatic rings. The molecular weight excluding hydrogens is 666 g/mol. The van der Waals surface area contributed by atoms with E-state index >= 15 is 0 Å². The zero-order valence-electron chi connectivity index (χ0n) is 24.7. The Balaban J connectivity index is 1.30. The number of aliphatic hydroxyl groups excluding tert-OH is 2. The van der Waals surface area contributed by atoms with Crippen molar-refractivity contribution in [2.24, 2.45) is 0 Å². The molecule has 0 spiro atoms. The maximum Gasteiger partial charge on any atom is 0.481 e. The van der Waals surface area contributed by atoms with Crippen LogP contribution in [0.25, 0.3) is 11.0 Å². The Morgan fingerprint density at radius 1 is 1.06 bits per heavy atom. The second-order valence-electron chi connectivity index (χ2n) is 10.2. The lowest BCUT2D eigenvalue weighted by Gasteiger charge is -2.24. The van der Waals surface area contributed by atoms with Gasteiger partial charge in [-0.1, -0.05) is 35.5 Å². The molecule has 0 bridgehead atoms. The summed E-state index contributed by atoms with van der Waals surface area (Å²) in [4.78, 5) is 48.3. The Kier molecular flexibility index (Phi) is 10.3. The van der Waals surface area contributed by atoms with Gasteiger partial charge in [-0.15, -0.1) is 0 Å². The van der Waals surface area contributed by atoms with Gasteiger partial charge in [0, 0.05) is 17.6 Å². The van der Waals surface area contributed by atoms with E-state index in [1.54, 1.807) is 30.3 Å². The molecule has 0 aliphatic carbocycles. The lowest BCUT2D eigenvalue weighted by Crippen LogP contribution is -2.43. The summed E-state index contributed by atoms with van der Waals surface area (Å²) in [7, 11) is -9.07. The number of carbonyl (C=O) groups excluding carboxylic acids is 1. The molecule has 1 aliphatic rings. The molecule has 2 aromatic heterocycles. The van der Waals surface area contributed by atoms with Crippen molar-refractivity contribution in [1.29, 1.82) is 0 Å². The van der Waals surface area contributed by atoms with E-state index in [9.17, 15) is 38.6 Å². The number of phosphoric acid groups is 1. The van der Waals surface area contributed by atoms with E-state index in [1.807, 2.05) is 0 Å². The maximum absolute atomic E-state index is 13.5. The van der Waals surface area contributed by atoms with E-state index in [4.69, 9.17) is 22.6 Å². The fraction of sp³-hybridized carbons (Fsp3) is 0.333. The number of phosphoric ester groups is 1.